The first kappa shape index (κ1) is 19.7. The van der Waals surface area contributed by atoms with Crippen LogP contribution in [0.1, 0.15) is 52.9 Å². The van der Waals surface area contributed by atoms with Crippen LogP contribution in [0.25, 0.3) is 0 Å². The molecule has 1 saturated carbocycles. The molecule has 0 amide bonds. The van der Waals surface area contributed by atoms with Gasteiger partial charge in [0.25, 0.3) is 6.26 Å². The summed E-state index contributed by atoms with van der Waals surface area (Å²) in [6.07, 6.45) is 5.53. The van der Waals surface area contributed by atoms with Crippen LogP contribution in [0.5, 0.6) is 0 Å². The summed E-state index contributed by atoms with van der Waals surface area (Å²) >= 11 is 0. The molecular formula is C17H29NO5. The number of esters is 1. The zero-order chi connectivity index (χ0) is 17.3. The lowest BCUT2D eigenvalue weighted by molar-refractivity contribution is -0.148. The zero-order valence-electron chi connectivity index (χ0n) is 14.7. The standard InChI is InChI=1S/C17H29NO5/c1-16(2)9-14(23-12-18)10-17(3,11-16)6-5-15(19)22-8-7-21-13-20-4/h14H,5-11,13H2,1-4H3. The van der Waals surface area contributed by atoms with Crippen molar-refractivity contribution in [2.75, 3.05) is 27.1 Å². The lowest BCUT2D eigenvalue weighted by Crippen LogP contribution is -2.39. The minimum atomic E-state index is -0.214. The number of nitriles is 1. The van der Waals surface area contributed by atoms with Gasteiger partial charge in [0.05, 0.1) is 6.61 Å². The number of rotatable bonds is 9. The molecule has 0 N–H and O–H groups in total. The summed E-state index contributed by atoms with van der Waals surface area (Å²) in [5.41, 5.74) is 0.0846. The first-order chi connectivity index (χ1) is 10.8. The highest BCUT2D eigenvalue weighted by Gasteiger charge is 2.42. The molecule has 1 rings (SSSR count). The average Bonchev–Trinajstić information content (AvgIpc) is 2.43. The van der Waals surface area contributed by atoms with Gasteiger partial charge in [-0.3, -0.25) is 4.79 Å². The van der Waals surface area contributed by atoms with Crippen LogP contribution in [0.15, 0.2) is 0 Å². The Morgan fingerprint density at radius 1 is 1.26 bits per heavy atom. The van der Waals surface area contributed by atoms with Gasteiger partial charge in [-0.25, -0.2) is 0 Å². The highest BCUT2D eigenvalue weighted by atomic mass is 16.7. The molecule has 2 unspecified atom stereocenters. The normalized spacial score (nSPS) is 26.3. The maximum Gasteiger partial charge on any atom is 0.305 e. The minimum Gasteiger partial charge on any atom is -0.463 e. The lowest BCUT2D eigenvalue weighted by Gasteiger charge is -2.45. The molecule has 0 bridgehead atoms. The molecule has 1 aliphatic carbocycles. The SMILES string of the molecule is COCOCCOC(=O)CCC1(C)CC(OC#N)CC(C)(C)C1. The summed E-state index contributed by atoms with van der Waals surface area (Å²) in [5, 5.41) is 8.77. The Hall–Kier alpha value is -1.32. The van der Waals surface area contributed by atoms with E-state index in [2.05, 4.69) is 20.8 Å². The van der Waals surface area contributed by atoms with Crippen molar-refractivity contribution >= 4 is 5.97 Å². The Labute approximate surface area is 139 Å². The fourth-order valence-corrected chi connectivity index (χ4v) is 3.72. The van der Waals surface area contributed by atoms with E-state index in [-0.39, 0.29) is 36.3 Å². The van der Waals surface area contributed by atoms with Crippen LogP contribution < -0.4 is 0 Å². The van der Waals surface area contributed by atoms with E-state index in [0.29, 0.717) is 13.0 Å². The Kier molecular flexibility index (Phi) is 7.80. The van der Waals surface area contributed by atoms with E-state index in [1.165, 1.54) is 0 Å². The second-order valence-corrected chi connectivity index (χ2v) is 7.43. The molecule has 2 atom stereocenters. The number of ether oxygens (including phenoxy) is 4. The van der Waals surface area contributed by atoms with E-state index in [0.717, 1.165) is 25.7 Å². The first-order valence-electron chi connectivity index (χ1n) is 8.07. The molecule has 0 aromatic carbocycles. The molecule has 0 saturated heterocycles. The van der Waals surface area contributed by atoms with Gasteiger partial charge < -0.3 is 18.9 Å². The zero-order valence-corrected chi connectivity index (χ0v) is 14.7. The molecule has 0 aliphatic heterocycles. The summed E-state index contributed by atoms with van der Waals surface area (Å²) in [6.45, 7) is 7.31. The van der Waals surface area contributed by atoms with E-state index in [1.807, 2.05) is 0 Å². The Morgan fingerprint density at radius 2 is 2.00 bits per heavy atom. The molecule has 0 radical (unpaired) electrons. The van der Waals surface area contributed by atoms with Crippen LogP contribution in [0.2, 0.25) is 0 Å². The Balaban J connectivity index is 2.39. The summed E-state index contributed by atoms with van der Waals surface area (Å²) in [5.74, 6) is -0.214. The van der Waals surface area contributed by atoms with Crippen molar-refractivity contribution in [2.45, 2.75) is 59.0 Å². The summed E-state index contributed by atoms with van der Waals surface area (Å²) in [4.78, 5) is 11.8. The van der Waals surface area contributed by atoms with Gasteiger partial charge in [0, 0.05) is 13.5 Å². The van der Waals surface area contributed by atoms with Crippen molar-refractivity contribution in [3.05, 3.63) is 0 Å². The van der Waals surface area contributed by atoms with Crippen LogP contribution >= 0.6 is 0 Å². The van der Waals surface area contributed by atoms with Crippen molar-refractivity contribution in [3.63, 3.8) is 0 Å². The number of hydrogen-bond acceptors (Lipinski definition) is 6. The van der Waals surface area contributed by atoms with E-state index in [4.69, 9.17) is 24.2 Å². The monoisotopic (exact) mass is 327 g/mol. The molecule has 6 nitrogen and oxygen atoms in total. The van der Waals surface area contributed by atoms with E-state index in [1.54, 1.807) is 13.4 Å². The molecule has 23 heavy (non-hydrogen) atoms. The second kappa shape index (κ2) is 9.09. The van der Waals surface area contributed by atoms with Crippen molar-refractivity contribution in [2.24, 2.45) is 10.8 Å². The summed E-state index contributed by atoms with van der Waals surface area (Å²) < 4.78 is 20.1. The van der Waals surface area contributed by atoms with Gasteiger partial charge in [-0.05, 0) is 36.5 Å². The van der Waals surface area contributed by atoms with Gasteiger partial charge >= 0.3 is 5.97 Å². The third-order valence-electron chi connectivity index (χ3n) is 4.25. The van der Waals surface area contributed by atoms with Crippen LogP contribution in [-0.2, 0) is 23.7 Å². The number of hydrogen-bond donors (Lipinski definition) is 0. The third kappa shape index (κ3) is 7.67. The van der Waals surface area contributed by atoms with Gasteiger partial charge in [-0.1, -0.05) is 20.8 Å². The van der Waals surface area contributed by atoms with E-state index >= 15 is 0 Å². The highest BCUT2D eigenvalue weighted by molar-refractivity contribution is 5.69. The molecule has 0 heterocycles. The predicted octanol–water partition coefficient (Wildman–Crippen LogP) is 3.01. The van der Waals surface area contributed by atoms with Crippen LogP contribution in [-0.4, -0.2) is 39.2 Å². The molecule has 0 spiro atoms. The number of nitrogens with zero attached hydrogens (tertiary/aromatic N) is 1. The maximum atomic E-state index is 11.8. The quantitative estimate of drug-likeness (QED) is 0.280. The van der Waals surface area contributed by atoms with Crippen LogP contribution in [0, 0.1) is 22.3 Å². The topological polar surface area (TPSA) is 77.8 Å². The van der Waals surface area contributed by atoms with Crippen molar-refractivity contribution in [3.8, 4) is 6.26 Å². The molecule has 132 valence electrons. The lowest BCUT2D eigenvalue weighted by atomic mass is 9.62. The van der Waals surface area contributed by atoms with Gasteiger partial charge in [0.1, 0.15) is 19.5 Å². The molecule has 1 fully saturated rings. The fraction of sp³-hybridized carbons (Fsp3) is 0.882. The second-order valence-electron chi connectivity index (χ2n) is 7.43. The van der Waals surface area contributed by atoms with Crippen LogP contribution in [0.3, 0.4) is 0 Å². The van der Waals surface area contributed by atoms with E-state index in [9.17, 15) is 4.79 Å². The molecule has 0 aromatic heterocycles. The van der Waals surface area contributed by atoms with E-state index < -0.39 is 0 Å². The van der Waals surface area contributed by atoms with Crippen LogP contribution in [0.4, 0.5) is 0 Å². The first-order valence-corrected chi connectivity index (χ1v) is 8.07. The largest absolute Gasteiger partial charge is 0.463 e. The third-order valence-corrected chi connectivity index (χ3v) is 4.25. The summed E-state index contributed by atoms with van der Waals surface area (Å²) in [7, 11) is 1.54. The molecule has 0 aromatic rings. The smallest absolute Gasteiger partial charge is 0.305 e. The van der Waals surface area contributed by atoms with Crippen molar-refractivity contribution in [1.82, 2.24) is 0 Å². The van der Waals surface area contributed by atoms with Crippen molar-refractivity contribution in [1.29, 1.82) is 5.26 Å². The minimum absolute atomic E-state index is 0.0190. The van der Waals surface area contributed by atoms with Gasteiger partial charge in [0.2, 0.25) is 0 Å². The Bertz CT molecular complexity index is 418. The van der Waals surface area contributed by atoms with Gasteiger partial charge in [-0.15, -0.1) is 0 Å². The molecular weight excluding hydrogens is 298 g/mol. The van der Waals surface area contributed by atoms with Crippen molar-refractivity contribution < 1.29 is 23.7 Å². The number of carbonyl (C=O) groups excluding carboxylic acids is 1. The average molecular weight is 327 g/mol. The Morgan fingerprint density at radius 3 is 2.65 bits per heavy atom. The highest BCUT2D eigenvalue weighted by Crippen LogP contribution is 2.49. The summed E-state index contributed by atoms with van der Waals surface area (Å²) in [6, 6.07) is 0. The number of methoxy groups -OCH3 is 1. The maximum absolute atomic E-state index is 11.8. The fourth-order valence-electron chi connectivity index (χ4n) is 3.72. The molecule has 1 aliphatic rings. The van der Waals surface area contributed by atoms with Gasteiger partial charge in [0.15, 0.2) is 0 Å². The number of carbonyl (C=O) groups is 1. The molecule has 6 heteroatoms. The predicted molar refractivity (Wildman–Crippen MR) is 84.2 cm³/mol. The van der Waals surface area contributed by atoms with Gasteiger partial charge in [-0.2, -0.15) is 5.26 Å².